The maximum absolute atomic E-state index is 13.5. The first-order valence-electron chi connectivity index (χ1n) is 7.05. The molecule has 3 nitrogen and oxygen atoms in total. The van der Waals surface area contributed by atoms with Gasteiger partial charge in [0.05, 0.1) is 5.69 Å². The normalized spacial score (nSPS) is 20.3. The second kappa shape index (κ2) is 5.07. The summed E-state index contributed by atoms with van der Waals surface area (Å²) >= 11 is 1.59. The molecule has 0 radical (unpaired) electrons. The highest BCUT2D eigenvalue weighted by atomic mass is 32.1. The zero-order chi connectivity index (χ0) is 15.2. The van der Waals surface area contributed by atoms with E-state index in [1.54, 1.807) is 17.4 Å². The Morgan fingerprint density at radius 2 is 2.14 bits per heavy atom. The standard InChI is InChI=1S/C16H19FN2OS/c1-16(2)7-12(18-3)14-13(8-16)19-15(21-14)9-4-10(17)6-11(20)5-9/h4-6,12,18,20H,7-8H2,1-3H3. The highest BCUT2D eigenvalue weighted by molar-refractivity contribution is 7.15. The van der Waals surface area contributed by atoms with Crippen molar-refractivity contribution in [3.8, 4) is 16.3 Å². The van der Waals surface area contributed by atoms with Crippen LogP contribution in [0.3, 0.4) is 0 Å². The van der Waals surface area contributed by atoms with E-state index in [1.165, 1.54) is 10.9 Å². The van der Waals surface area contributed by atoms with Gasteiger partial charge in [-0.1, -0.05) is 13.8 Å². The van der Waals surface area contributed by atoms with Crippen molar-refractivity contribution in [2.75, 3.05) is 7.05 Å². The van der Waals surface area contributed by atoms with Crippen molar-refractivity contribution in [3.63, 3.8) is 0 Å². The van der Waals surface area contributed by atoms with Crippen LogP contribution in [0.4, 0.5) is 4.39 Å². The van der Waals surface area contributed by atoms with Crippen LogP contribution in [0.5, 0.6) is 5.75 Å². The second-order valence-electron chi connectivity index (χ2n) is 6.41. The van der Waals surface area contributed by atoms with Crippen LogP contribution in [0.25, 0.3) is 10.6 Å². The van der Waals surface area contributed by atoms with Gasteiger partial charge in [0, 0.05) is 22.5 Å². The molecule has 1 atom stereocenters. The fourth-order valence-electron chi connectivity index (χ4n) is 2.99. The van der Waals surface area contributed by atoms with Crippen molar-refractivity contribution < 1.29 is 9.50 Å². The quantitative estimate of drug-likeness (QED) is 0.885. The average molecular weight is 306 g/mol. The molecular weight excluding hydrogens is 287 g/mol. The topological polar surface area (TPSA) is 45.2 Å². The van der Waals surface area contributed by atoms with Crippen LogP contribution < -0.4 is 5.32 Å². The minimum Gasteiger partial charge on any atom is -0.508 e. The van der Waals surface area contributed by atoms with Crippen molar-refractivity contribution in [2.24, 2.45) is 5.41 Å². The summed E-state index contributed by atoms with van der Waals surface area (Å²) in [6, 6.07) is 4.38. The molecule has 1 aliphatic rings. The summed E-state index contributed by atoms with van der Waals surface area (Å²) in [6.07, 6.45) is 1.99. The molecule has 1 aromatic heterocycles. The van der Waals surface area contributed by atoms with Crippen LogP contribution in [-0.2, 0) is 6.42 Å². The van der Waals surface area contributed by atoms with Gasteiger partial charge in [0.25, 0.3) is 0 Å². The van der Waals surface area contributed by atoms with E-state index >= 15 is 0 Å². The highest BCUT2D eigenvalue weighted by Crippen LogP contribution is 2.44. The number of benzene rings is 1. The van der Waals surface area contributed by atoms with E-state index in [4.69, 9.17) is 4.98 Å². The molecule has 1 aliphatic carbocycles. The minimum atomic E-state index is -0.441. The lowest BCUT2D eigenvalue weighted by Gasteiger charge is -2.34. The molecule has 1 heterocycles. The number of rotatable bonds is 2. The lowest BCUT2D eigenvalue weighted by atomic mass is 9.76. The third-order valence-electron chi connectivity index (χ3n) is 3.92. The number of nitrogens with one attached hydrogen (secondary N) is 1. The van der Waals surface area contributed by atoms with Crippen molar-refractivity contribution in [2.45, 2.75) is 32.7 Å². The number of fused-ring (bicyclic) bond motifs is 1. The summed E-state index contributed by atoms with van der Waals surface area (Å²) < 4.78 is 13.5. The Bertz CT molecular complexity index is 661. The third-order valence-corrected chi connectivity index (χ3v) is 5.19. The Balaban J connectivity index is 2.06. The summed E-state index contributed by atoms with van der Waals surface area (Å²) in [5, 5.41) is 13.7. The Labute approximate surface area is 127 Å². The first-order chi connectivity index (χ1) is 9.88. The molecule has 2 aromatic rings. The van der Waals surface area contributed by atoms with E-state index in [0.717, 1.165) is 29.6 Å². The predicted molar refractivity (Wildman–Crippen MR) is 83.1 cm³/mol. The van der Waals surface area contributed by atoms with E-state index in [1.807, 2.05) is 7.05 Å². The van der Waals surface area contributed by atoms with Gasteiger partial charge in [0.15, 0.2) is 0 Å². The van der Waals surface area contributed by atoms with Gasteiger partial charge in [-0.3, -0.25) is 0 Å². The molecule has 0 saturated heterocycles. The van der Waals surface area contributed by atoms with Crippen LogP contribution in [0.2, 0.25) is 0 Å². The lowest BCUT2D eigenvalue weighted by molar-refractivity contribution is 0.265. The van der Waals surface area contributed by atoms with Gasteiger partial charge < -0.3 is 10.4 Å². The highest BCUT2D eigenvalue weighted by Gasteiger charge is 2.34. The minimum absolute atomic E-state index is 0.0660. The summed E-state index contributed by atoms with van der Waals surface area (Å²) in [7, 11) is 1.96. The number of hydrogen-bond acceptors (Lipinski definition) is 4. The lowest BCUT2D eigenvalue weighted by Crippen LogP contribution is -2.30. The number of halogens is 1. The van der Waals surface area contributed by atoms with Crippen LogP contribution in [0.1, 0.15) is 36.9 Å². The fraction of sp³-hybridized carbons (Fsp3) is 0.438. The molecule has 0 aliphatic heterocycles. The zero-order valence-electron chi connectivity index (χ0n) is 12.4. The van der Waals surface area contributed by atoms with E-state index in [0.29, 0.717) is 5.56 Å². The number of nitrogens with zero attached hydrogens (tertiary/aromatic N) is 1. The number of phenols is 1. The summed E-state index contributed by atoms with van der Waals surface area (Å²) in [5.41, 5.74) is 1.93. The summed E-state index contributed by atoms with van der Waals surface area (Å²) in [6.45, 7) is 4.49. The molecule has 1 unspecified atom stereocenters. The van der Waals surface area contributed by atoms with Gasteiger partial charge >= 0.3 is 0 Å². The van der Waals surface area contributed by atoms with Crippen LogP contribution in [-0.4, -0.2) is 17.1 Å². The molecule has 0 bridgehead atoms. The van der Waals surface area contributed by atoms with Gasteiger partial charge in [-0.2, -0.15) is 0 Å². The number of aromatic nitrogens is 1. The van der Waals surface area contributed by atoms with Crippen LogP contribution >= 0.6 is 11.3 Å². The zero-order valence-corrected chi connectivity index (χ0v) is 13.2. The van der Waals surface area contributed by atoms with E-state index < -0.39 is 5.82 Å². The SMILES string of the molecule is CNC1CC(C)(C)Cc2nc(-c3cc(O)cc(F)c3)sc21. The third kappa shape index (κ3) is 2.80. The maximum atomic E-state index is 13.5. The molecule has 5 heteroatoms. The Kier molecular flexibility index (Phi) is 3.50. The fourth-order valence-corrected chi connectivity index (χ4v) is 4.17. The van der Waals surface area contributed by atoms with E-state index in [9.17, 15) is 9.50 Å². The number of phenolic OH excluding ortho intramolecular Hbond substituents is 1. The molecule has 0 spiro atoms. The molecule has 0 saturated carbocycles. The van der Waals surface area contributed by atoms with Gasteiger partial charge in [-0.05, 0) is 37.4 Å². The molecule has 0 amide bonds. The average Bonchev–Trinajstić information content (AvgIpc) is 2.78. The number of aromatic hydroxyl groups is 1. The monoisotopic (exact) mass is 306 g/mol. The van der Waals surface area contributed by atoms with E-state index in [-0.39, 0.29) is 17.2 Å². The molecule has 3 rings (SSSR count). The second-order valence-corrected chi connectivity index (χ2v) is 7.45. The van der Waals surface area contributed by atoms with E-state index in [2.05, 4.69) is 19.2 Å². The smallest absolute Gasteiger partial charge is 0.127 e. The summed E-state index contributed by atoms with van der Waals surface area (Å²) in [5.74, 6) is -0.507. The molecule has 2 N–H and O–H groups in total. The van der Waals surface area contributed by atoms with Gasteiger partial charge in [-0.25, -0.2) is 9.37 Å². The van der Waals surface area contributed by atoms with Crippen molar-refractivity contribution in [1.29, 1.82) is 0 Å². The number of thiazole rings is 1. The number of hydrogen-bond donors (Lipinski definition) is 2. The largest absolute Gasteiger partial charge is 0.508 e. The Morgan fingerprint density at radius 3 is 2.81 bits per heavy atom. The van der Waals surface area contributed by atoms with Gasteiger partial charge in [0.1, 0.15) is 16.6 Å². The Morgan fingerprint density at radius 1 is 1.38 bits per heavy atom. The van der Waals surface area contributed by atoms with Crippen molar-refractivity contribution in [1.82, 2.24) is 10.3 Å². The molecule has 112 valence electrons. The van der Waals surface area contributed by atoms with Crippen molar-refractivity contribution in [3.05, 3.63) is 34.6 Å². The predicted octanol–water partition coefficient (Wildman–Crippen LogP) is 3.89. The summed E-state index contributed by atoms with van der Waals surface area (Å²) in [4.78, 5) is 5.93. The molecule has 0 fully saturated rings. The first-order valence-corrected chi connectivity index (χ1v) is 7.86. The van der Waals surface area contributed by atoms with Gasteiger partial charge in [-0.15, -0.1) is 11.3 Å². The first kappa shape index (κ1) is 14.5. The van der Waals surface area contributed by atoms with Crippen LogP contribution in [0.15, 0.2) is 18.2 Å². The molecular formula is C16H19FN2OS. The van der Waals surface area contributed by atoms with Gasteiger partial charge in [0.2, 0.25) is 0 Å². The Hall–Kier alpha value is -1.46. The van der Waals surface area contributed by atoms with Crippen molar-refractivity contribution >= 4 is 11.3 Å². The van der Waals surface area contributed by atoms with Crippen LogP contribution in [0, 0.1) is 11.2 Å². The molecule has 1 aromatic carbocycles. The maximum Gasteiger partial charge on any atom is 0.127 e. The molecule has 21 heavy (non-hydrogen) atoms.